The van der Waals surface area contributed by atoms with Crippen LogP contribution in [0.5, 0.6) is 5.75 Å². The van der Waals surface area contributed by atoms with Gasteiger partial charge in [0.2, 0.25) is 21.8 Å². The highest BCUT2D eigenvalue weighted by Crippen LogP contribution is 2.30. The average molecular weight is 513 g/mol. The first-order chi connectivity index (χ1) is 16.9. The summed E-state index contributed by atoms with van der Waals surface area (Å²) < 4.78 is 29.7. The molecule has 192 valence electrons. The van der Waals surface area contributed by atoms with Gasteiger partial charge >= 0.3 is 0 Å². The van der Waals surface area contributed by atoms with Crippen LogP contribution in [0.25, 0.3) is 10.8 Å². The summed E-state index contributed by atoms with van der Waals surface area (Å²) in [5, 5.41) is 13.4. The van der Waals surface area contributed by atoms with Crippen LogP contribution in [-0.4, -0.2) is 51.5 Å². The van der Waals surface area contributed by atoms with Crippen molar-refractivity contribution >= 4 is 38.3 Å². The number of carbonyl (C=O) groups is 2. The quantitative estimate of drug-likeness (QED) is 0.328. The van der Waals surface area contributed by atoms with Crippen molar-refractivity contribution in [3.8, 4) is 5.75 Å². The van der Waals surface area contributed by atoms with E-state index in [2.05, 4.69) is 10.0 Å². The molecule has 2 amide bonds. The lowest BCUT2D eigenvalue weighted by molar-refractivity contribution is -0.129. The lowest BCUT2D eigenvalue weighted by Crippen LogP contribution is -2.55. The number of carbonyl (C=O) groups excluding carboxylic acids is 2. The molecule has 0 aromatic heterocycles. The fourth-order valence-corrected chi connectivity index (χ4v) is 5.43. The monoisotopic (exact) mass is 512 g/mol. The Bertz CT molecular complexity index is 1350. The Labute approximate surface area is 211 Å². The van der Waals surface area contributed by atoms with Gasteiger partial charge in [0.1, 0.15) is 17.8 Å². The number of phenolic OH excluding ortho intramolecular Hbond substituents is 1. The first-order valence-corrected chi connectivity index (χ1v) is 13.0. The van der Waals surface area contributed by atoms with Crippen LogP contribution in [0.4, 0.5) is 5.69 Å². The number of phenols is 1. The van der Waals surface area contributed by atoms with Crippen LogP contribution >= 0.6 is 0 Å². The van der Waals surface area contributed by atoms with Gasteiger partial charge in [0.05, 0.1) is 4.90 Å². The second-order valence-corrected chi connectivity index (χ2v) is 10.9. The molecular weight excluding hydrogens is 480 g/mol. The van der Waals surface area contributed by atoms with Crippen LogP contribution in [0.1, 0.15) is 19.4 Å². The number of nitrogens with zero attached hydrogens (tertiary/aromatic N) is 1. The molecule has 0 heterocycles. The van der Waals surface area contributed by atoms with Gasteiger partial charge < -0.3 is 21.1 Å². The minimum Gasteiger partial charge on any atom is -0.508 e. The molecule has 3 aromatic rings. The van der Waals surface area contributed by atoms with Crippen molar-refractivity contribution in [3.05, 3.63) is 66.2 Å². The summed E-state index contributed by atoms with van der Waals surface area (Å²) in [6, 6.07) is 14.2. The third-order valence-electron chi connectivity index (χ3n) is 5.89. The van der Waals surface area contributed by atoms with Gasteiger partial charge in [-0.15, -0.1) is 0 Å². The second kappa shape index (κ2) is 11.0. The van der Waals surface area contributed by atoms with Crippen LogP contribution in [0, 0.1) is 5.92 Å². The molecule has 10 heteroatoms. The normalized spacial score (nSPS) is 13.4. The first-order valence-electron chi connectivity index (χ1n) is 11.5. The number of anilines is 1. The Hall–Kier alpha value is -3.63. The molecule has 0 fully saturated rings. The zero-order chi connectivity index (χ0) is 26.6. The molecule has 0 aliphatic heterocycles. The molecule has 36 heavy (non-hydrogen) atoms. The van der Waals surface area contributed by atoms with E-state index in [0.29, 0.717) is 10.9 Å². The molecule has 0 radical (unpaired) electrons. The van der Waals surface area contributed by atoms with Crippen LogP contribution in [-0.2, 0) is 26.0 Å². The number of benzene rings is 3. The lowest BCUT2D eigenvalue weighted by Gasteiger charge is -2.24. The van der Waals surface area contributed by atoms with E-state index in [1.54, 1.807) is 44.2 Å². The number of rotatable bonds is 10. The minimum atomic E-state index is -4.17. The highest BCUT2D eigenvalue weighted by molar-refractivity contribution is 7.89. The fourth-order valence-electron chi connectivity index (χ4n) is 4.02. The summed E-state index contributed by atoms with van der Waals surface area (Å²) in [7, 11) is -0.431. The Morgan fingerprint density at radius 1 is 0.972 bits per heavy atom. The summed E-state index contributed by atoms with van der Waals surface area (Å²) >= 11 is 0. The maximum absolute atomic E-state index is 13.6. The van der Waals surface area contributed by atoms with E-state index in [4.69, 9.17) is 5.73 Å². The number of sulfonamides is 1. The van der Waals surface area contributed by atoms with Gasteiger partial charge in [-0.05, 0) is 42.2 Å². The first kappa shape index (κ1) is 27.0. The molecule has 5 N–H and O–H groups in total. The maximum atomic E-state index is 13.6. The van der Waals surface area contributed by atoms with Crippen LogP contribution in [0.3, 0.4) is 0 Å². The summed E-state index contributed by atoms with van der Waals surface area (Å²) in [5.41, 5.74) is 6.92. The number of primary amides is 1. The van der Waals surface area contributed by atoms with E-state index in [1.807, 2.05) is 31.1 Å². The molecule has 9 nitrogen and oxygen atoms in total. The summed E-state index contributed by atoms with van der Waals surface area (Å²) in [5.74, 6) is -1.64. The van der Waals surface area contributed by atoms with Gasteiger partial charge in [0.15, 0.2) is 0 Å². The van der Waals surface area contributed by atoms with Crippen molar-refractivity contribution in [2.75, 3.05) is 19.0 Å². The molecule has 0 spiro atoms. The molecule has 3 rings (SSSR count). The zero-order valence-electron chi connectivity index (χ0n) is 20.7. The second-order valence-electron chi connectivity index (χ2n) is 9.20. The largest absolute Gasteiger partial charge is 0.508 e. The number of amides is 2. The molecular formula is C26H32N4O5S. The number of hydrogen-bond acceptors (Lipinski definition) is 6. The highest BCUT2D eigenvalue weighted by Gasteiger charge is 2.31. The Morgan fingerprint density at radius 3 is 2.17 bits per heavy atom. The third kappa shape index (κ3) is 6.13. The number of aromatic hydroxyl groups is 1. The lowest BCUT2D eigenvalue weighted by atomic mass is 10.0. The van der Waals surface area contributed by atoms with Crippen molar-refractivity contribution in [1.82, 2.24) is 10.0 Å². The van der Waals surface area contributed by atoms with Crippen molar-refractivity contribution in [1.29, 1.82) is 0 Å². The number of nitrogens with two attached hydrogens (primary N) is 1. The van der Waals surface area contributed by atoms with Gasteiger partial charge in [-0.1, -0.05) is 50.2 Å². The van der Waals surface area contributed by atoms with E-state index in [-0.39, 0.29) is 23.0 Å². The maximum Gasteiger partial charge on any atom is 0.241 e. The fraction of sp³-hybridized carbons (Fsp3) is 0.308. The van der Waals surface area contributed by atoms with Crippen LogP contribution < -0.4 is 20.7 Å². The van der Waals surface area contributed by atoms with Gasteiger partial charge in [0, 0.05) is 30.6 Å². The molecule has 0 aliphatic carbocycles. The summed E-state index contributed by atoms with van der Waals surface area (Å²) in [6.45, 7) is 3.46. The van der Waals surface area contributed by atoms with Crippen molar-refractivity contribution in [2.45, 2.75) is 37.2 Å². The standard InChI is InChI=1S/C26H32N4O5S/c1-16(2)24(25(27)32)28-26(33)21(15-17-11-13-18(31)14-12-17)29-36(34,35)23-10-6-7-19-20(23)8-5-9-22(19)30(3)4/h5-14,16,21,24,29,31H,15H2,1-4H3,(H2,27,32)(H,28,33)/t21-,24+/m1/s1. The molecule has 2 atom stereocenters. The van der Waals surface area contributed by atoms with Crippen molar-refractivity contribution < 1.29 is 23.1 Å². The van der Waals surface area contributed by atoms with E-state index < -0.39 is 33.9 Å². The van der Waals surface area contributed by atoms with Crippen LogP contribution in [0.15, 0.2) is 65.6 Å². The number of fused-ring (bicyclic) bond motifs is 1. The Morgan fingerprint density at radius 2 is 1.58 bits per heavy atom. The summed E-state index contributed by atoms with van der Waals surface area (Å²) in [6.07, 6.45) is -0.0113. The van der Waals surface area contributed by atoms with E-state index in [0.717, 1.165) is 11.1 Å². The molecule has 0 bridgehead atoms. The molecule has 0 saturated heterocycles. The average Bonchev–Trinajstić information content (AvgIpc) is 2.81. The van der Waals surface area contributed by atoms with Gasteiger partial charge in [-0.25, -0.2) is 8.42 Å². The predicted octanol–water partition coefficient (Wildman–Crippen LogP) is 2.13. The van der Waals surface area contributed by atoms with E-state index >= 15 is 0 Å². The van der Waals surface area contributed by atoms with Crippen molar-refractivity contribution in [3.63, 3.8) is 0 Å². The summed E-state index contributed by atoms with van der Waals surface area (Å²) in [4.78, 5) is 27.0. The molecule has 0 aliphatic rings. The van der Waals surface area contributed by atoms with Crippen LogP contribution in [0.2, 0.25) is 0 Å². The predicted molar refractivity (Wildman–Crippen MR) is 140 cm³/mol. The number of nitrogens with one attached hydrogen (secondary N) is 2. The van der Waals surface area contributed by atoms with Crippen molar-refractivity contribution in [2.24, 2.45) is 11.7 Å². The van der Waals surface area contributed by atoms with E-state index in [1.165, 1.54) is 18.2 Å². The van der Waals surface area contributed by atoms with Gasteiger partial charge in [-0.3, -0.25) is 9.59 Å². The molecule has 3 aromatic carbocycles. The smallest absolute Gasteiger partial charge is 0.241 e. The SMILES string of the molecule is CC(C)[C@H](NC(=O)[C@@H](Cc1ccc(O)cc1)NS(=O)(=O)c1cccc2c(N(C)C)cccc12)C(N)=O. The molecule has 0 unspecified atom stereocenters. The van der Waals surface area contributed by atoms with Gasteiger partial charge in [-0.2, -0.15) is 4.72 Å². The highest BCUT2D eigenvalue weighted by atomic mass is 32.2. The third-order valence-corrected chi connectivity index (χ3v) is 7.42. The van der Waals surface area contributed by atoms with Gasteiger partial charge in [0.25, 0.3) is 0 Å². The number of hydrogen-bond donors (Lipinski definition) is 4. The zero-order valence-corrected chi connectivity index (χ0v) is 21.5. The topological polar surface area (TPSA) is 142 Å². The molecule has 0 saturated carbocycles. The van der Waals surface area contributed by atoms with E-state index in [9.17, 15) is 23.1 Å². The Kier molecular flexibility index (Phi) is 8.21. The Balaban J connectivity index is 2.02. The minimum absolute atomic E-state index is 0.0113.